The fourth-order valence-electron chi connectivity index (χ4n) is 4.93. The van der Waals surface area contributed by atoms with Gasteiger partial charge in [-0.3, -0.25) is 9.59 Å². The van der Waals surface area contributed by atoms with E-state index in [0.717, 1.165) is 76.3 Å². The number of hydrogen-bond donors (Lipinski definition) is 0. The number of carbonyl (C=O) groups is 2. The van der Waals surface area contributed by atoms with Crippen LogP contribution in [-0.2, 0) is 16.6 Å². The molecule has 0 aliphatic carbocycles. The molecule has 0 aromatic carbocycles. The Morgan fingerprint density at radius 1 is 1.19 bits per heavy atom. The third-order valence-electron chi connectivity index (χ3n) is 6.54. The summed E-state index contributed by atoms with van der Waals surface area (Å²) in [5.41, 5.74) is 1.98. The van der Waals surface area contributed by atoms with Crippen LogP contribution in [0.3, 0.4) is 0 Å². The van der Waals surface area contributed by atoms with Crippen molar-refractivity contribution in [3.8, 4) is 0 Å². The fraction of sp³-hybridized carbons (Fsp3) is 0.700. The molecule has 0 N–H and O–H groups in total. The molecule has 2 atom stereocenters. The Bertz CT molecular complexity index is 705. The van der Waals surface area contributed by atoms with E-state index in [1.54, 1.807) is 6.92 Å². The van der Waals surface area contributed by atoms with Gasteiger partial charge in [0.1, 0.15) is 5.69 Å². The van der Waals surface area contributed by atoms with Gasteiger partial charge < -0.3 is 19.1 Å². The third kappa shape index (κ3) is 2.94. The van der Waals surface area contributed by atoms with Gasteiger partial charge in [-0.1, -0.05) is 0 Å². The molecule has 1 spiro atoms. The van der Waals surface area contributed by atoms with Crippen LogP contribution in [0.5, 0.6) is 0 Å². The SMILES string of the molecule is CC(=O)N1CCCC[C@@H]1c1ccc(C(=O)N2CC[C@]3(CCOC3)C2)n1C. The number of nitrogens with zero attached hydrogens (tertiary/aromatic N) is 3. The molecule has 3 aliphatic heterocycles. The normalized spacial score (nSPS) is 28.9. The van der Waals surface area contributed by atoms with Crippen molar-refractivity contribution >= 4 is 11.8 Å². The van der Waals surface area contributed by atoms with Gasteiger partial charge in [0.05, 0.1) is 12.6 Å². The van der Waals surface area contributed by atoms with Gasteiger partial charge in [-0.15, -0.1) is 0 Å². The number of amides is 2. The number of likely N-dealkylation sites (tertiary alicyclic amines) is 2. The molecule has 6 nitrogen and oxygen atoms in total. The van der Waals surface area contributed by atoms with E-state index in [4.69, 9.17) is 4.74 Å². The molecule has 0 saturated carbocycles. The average molecular weight is 359 g/mol. The Morgan fingerprint density at radius 3 is 2.77 bits per heavy atom. The Kier molecular flexibility index (Phi) is 4.55. The summed E-state index contributed by atoms with van der Waals surface area (Å²) in [7, 11) is 1.96. The molecule has 6 heteroatoms. The maximum absolute atomic E-state index is 13.1. The largest absolute Gasteiger partial charge is 0.381 e. The van der Waals surface area contributed by atoms with E-state index < -0.39 is 0 Å². The van der Waals surface area contributed by atoms with E-state index in [9.17, 15) is 9.59 Å². The lowest BCUT2D eigenvalue weighted by molar-refractivity contribution is -0.132. The standard InChI is InChI=1S/C20H29N3O3/c1-15(24)23-10-4-3-5-17(23)16-6-7-18(21(16)2)19(25)22-11-8-20(13-22)9-12-26-14-20/h6-7,17H,3-5,8-14H2,1-2H3/t17-,20+/m1/s1. The van der Waals surface area contributed by atoms with Crippen LogP contribution in [0.25, 0.3) is 0 Å². The van der Waals surface area contributed by atoms with Crippen LogP contribution in [0, 0.1) is 5.41 Å². The van der Waals surface area contributed by atoms with E-state index in [-0.39, 0.29) is 23.3 Å². The van der Waals surface area contributed by atoms with Crippen molar-refractivity contribution in [2.45, 2.75) is 45.1 Å². The summed E-state index contributed by atoms with van der Waals surface area (Å²) in [5.74, 6) is 0.221. The molecule has 1 aromatic rings. The van der Waals surface area contributed by atoms with Crippen LogP contribution >= 0.6 is 0 Å². The van der Waals surface area contributed by atoms with Crippen molar-refractivity contribution in [1.29, 1.82) is 0 Å². The van der Waals surface area contributed by atoms with Gasteiger partial charge >= 0.3 is 0 Å². The monoisotopic (exact) mass is 359 g/mol. The fourth-order valence-corrected chi connectivity index (χ4v) is 4.93. The molecule has 0 unspecified atom stereocenters. The van der Waals surface area contributed by atoms with Gasteiger partial charge in [0.15, 0.2) is 0 Å². The Balaban J connectivity index is 1.53. The minimum atomic E-state index is 0.0842. The van der Waals surface area contributed by atoms with Crippen molar-refractivity contribution in [3.63, 3.8) is 0 Å². The van der Waals surface area contributed by atoms with Crippen molar-refractivity contribution in [1.82, 2.24) is 14.4 Å². The quantitative estimate of drug-likeness (QED) is 0.814. The summed E-state index contributed by atoms with van der Waals surface area (Å²) < 4.78 is 7.58. The summed E-state index contributed by atoms with van der Waals surface area (Å²) in [6.45, 7) is 5.66. The van der Waals surface area contributed by atoms with Crippen molar-refractivity contribution in [2.75, 3.05) is 32.8 Å². The van der Waals surface area contributed by atoms with E-state index >= 15 is 0 Å². The molecule has 4 rings (SSSR count). The zero-order valence-electron chi connectivity index (χ0n) is 15.9. The highest BCUT2D eigenvalue weighted by atomic mass is 16.5. The number of aromatic nitrogens is 1. The minimum Gasteiger partial charge on any atom is -0.381 e. The molecule has 0 bridgehead atoms. The van der Waals surface area contributed by atoms with Crippen LogP contribution in [0.4, 0.5) is 0 Å². The van der Waals surface area contributed by atoms with E-state index in [1.807, 2.05) is 33.5 Å². The van der Waals surface area contributed by atoms with Crippen LogP contribution in [-0.4, -0.2) is 59.0 Å². The molecular formula is C20H29N3O3. The summed E-state index contributed by atoms with van der Waals surface area (Å²) in [5, 5.41) is 0. The molecule has 3 saturated heterocycles. The molecule has 1 aromatic heterocycles. The first kappa shape index (κ1) is 17.6. The smallest absolute Gasteiger partial charge is 0.270 e. The first-order chi connectivity index (χ1) is 12.5. The second kappa shape index (κ2) is 6.72. The Hall–Kier alpha value is -1.82. The zero-order chi connectivity index (χ0) is 18.3. The van der Waals surface area contributed by atoms with Gasteiger partial charge in [-0.25, -0.2) is 0 Å². The Morgan fingerprint density at radius 2 is 2.04 bits per heavy atom. The van der Waals surface area contributed by atoms with Crippen LogP contribution in [0.15, 0.2) is 12.1 Å². The highest BCUT2D eigenvalue weighted by molar-refractivity contribution is 5.93. The van der Waals surface area contributed by atoms with E-state index in [2.05, 4.69) is 0 Å². The average Bonchev–Trinajstić information content (AvgIpc) is 3.36. The first-order valence-corrected chi connectivity index (χ1v) is 9.81. The summed E-state index contributed by atoms with van der Waals surface area (Å²) in [4.78, 5) is 29.1. The number of piperidine rings is 1. The number of hydrogen-bond acceptors (Lipinski definition) is 3. The summed E-state index contributed by atoms with van der Waals surface area (Å²) in [6.07, 6.45) is 5.25. The Labute approximate surface area is 155 Å². The highest BCUT2D eigenvalue weighted by Crippen LogP contribution is 2.39. The second-order valence-electron chi connectivity index (χ2n) is 8.21. The van der Waals surface area contributed by atoms with Gasteiger partial charge in [0.2, 0.25) is 5.91 Å². The van der Waals surface area contributed by atoms with Gasteiger partial charge in [0, 0.05) is 51.3 Å². The molecular weight excluding hydrogens is 330 g/mol. The lowest BCUT2D eigenvalue weighted by Crippen LogP contribution is -2.38. The summed E-state index contributed by atoms with van der Waals surface area (Å²) in [6, 6.07) is 4.05. The lowest BCUT2D eigenvalue weighted by atomic mass is 9.87. The molecule has 4 heterocycles. The third-order valence-corrected chi connectivity index (χ3v) is 6.54. The summed E-state index contributed by atoms with van der Waals surface area (Å²) >= 11 is 0. The van der Waals surface area contributed by atoms with Gasteiger partial charge in [0.25, 0.3) is 5.91 Å². The first-order valence-electron chi connectivity index (χ1n) is 9.81. The van der Waals surface area contributed by atoms with Crippen LogP contribution < -0.4 is 0 Å². The second-order valence-corrected chi connectivity index (χ2v) is 8.21. The van der Waals surface area contributed by atoms with Gasteiger partial charge in [-0.2, -0.15) is 0 Å². The molecule has 3 aliphatic rings. The van der Waals surface area contributed by atoms with E-state index in [1.165, 1.54) is 0 Å². The minimum absolute atomic E-state index is 0.0842. The number of rotatable bonds is 2. The molecule has 0 radical (unpaired) electrons. The van der Waals surface area contributed by atoms with Crippen LogP contribution in [0.2, 0.25) is 0 Å². The topological polar surface area (TPSA) is 54.8 Å². The number of carbonyl (C=O) groups excluding carboxylic acids is 2. The highest BCUT2D eigenvalue weighted by Gasteiger charge is 2.43. The van der Waals surface area contributed by atoms with Crippen molar-refractivity contribution in [2.24, 2.45) is 12.5 Å². The lowest BCUT2D eigenvalue weighted by Gasteiger charge is -2.35. The predicted molar refractivity (Wildman–Crippen MR) is 97.8 cm³/mol. The van der Waals surface area contributed by atoms with E-state index in [0.29, 0.717) is 0 Å². The number of ether oxygens (including phenoxy) is 1. The molecule has 26 heavy (non-hydrogen) atoms. The predicted octanol–water partition coefficient (Wildman–Crippen LogP) is 2.35. The van der Waals surface area contributed by atoms with Gasteiger partial charge in [-0.05, 0) is 44.2 Å². The van der Waals surface area contributed by atoms with Crippen molar-refractivity contribution in [3.05, 3.63) is 23.5 Å². The maximum Gasteiger partial charge on any atom is 0.270 e. The molecule has 142 valence electrons. The maximum atomic E-state index is 13.1. The van der Waals surface area contributed by atoms with Crippen LogP contribution in [0.1, 0.15) is 61.3 Å². The van der Waals surface area contributed by atoms with Crippen molar-refractivity contribution < 1.29 is 14.3 Å². The molecule has 3 fully saturated rings. The molecule has 2 amide bonds. The zero-order valence-corrected chi connectivity index (χ0v) is 15.9.